The van der Waals surface area contributed by atoms with Crippen LogP contribution in [0.1, 0.15) is 20.8 Å². The molecule has 1 fully saturated rings. The number of nitrogens with zero attached hydrogens (tertiary/aromatic N) is 2. The van der Waals surface area contributed by atoms with Gasteiger partial charge < -0.3 is 11.5 Å². The minimum absolute atomic E-state index is 0.202. The normalized spacial score (nSPS) is 20.2. The number of likely N-dealkylation sites (tertiary alicyclic amines) is 1. The second kappa shape index (κ2) is 2.94. The van der Waals surface area contributed by atoms with E-state index in [1.54, 1.807) is 0 Å². The molecule has 0 aromatic rings. The third-order valence-electron chi connectivity index (χ3n) is 2.14. The number of nitrogens with two attached hydrogens (primary N) is 2. The van der Waals surface area contributed by atoms with Crippen molar-refractivity contribution in [2.24, 2.45) is 16.5 Å². The zero-order valence-corrected chi connectivity index (χ0v) is 8.04. The summed E-state index contributed by atoms with van der Waals surface area (Å²) in [5.41, 5.74) is 10.8. The van der Waals surface area contributed by atoms with E-state index >= 15 is 0 Å². The van der Waals surface area contributed by atoms with Crippen LogP contribution in [0.25, 0.3) is 0 Å². The predicted molar refractivity (Wildman–Crippen MR) is 50.9 cm³/mol. The highest BCUT2D eigenvalue weighted by Crippen LogP contribution is 2.22. The fourth-order valence-electron chi connectivity index (χ4n) is 1.30. The summed E-state index contributed by atoms with van der Waals surface area (Å²) in [6, 6.07) is 0.314. The molecule has 1 saturated heterocycles. The first-order valence-corrected chi connectivity index (χ1v) is 4.23. The highest BCUT2D eigenvalue weighted by molar-refractivity contribution is 5.76. The molecule has 4 nitrogen and oxygen atoms in total. The quantitative estimate of drug-likeness (QED) is 0.421. The summed E-state index contributed by atoms with van der Waals surface area (Å²) < 4.78 is 0. The van der Waals surface area contributed by atoms with Crippen molar-refractivity contribution in [1.82, 2.24) is 4.90 Å². The molecular weight excluding hydrogens is 152 g/mol. The highest BCUT2D eigenvalue weighted by atomic mass is 15.3. The maximum atomic E-state index is 5.27. The van der Waals surface area contributed by atoms with E-state index in [0.29, 0.717) is 6.04 Å². The SMILES string of the molecule is CC(C)(C)N1CC(N=C(N)N)C1. The standard InChI is InChI=1S/C8H18N4/c1-8(2,3)12-4-6(5-12)11-7(9)10/h6H,4-5H2,1-3H3,(H4,9,10,11). The topological polar surface area (TPSA) is 67.6 Å². The van der Waals surface area contributed by atoms with Crippen LogP contribution in [-0.2, 0) is 0 Å². The fraction of sp³-hybridized carbons (Fsp3) is 0.875. The summed E-state index contributed by atoms with van der Waals surface area (Å²) in [5.74, 6) is 0.202. The minimum Gasteiger partial charge on any atom is -0.370 e. The van der Waals surface area contributed by atoms with Gasteiger partial charge in [0, 0.05) is 18.6 Å². The van der Waals surface area contributed by atoms with Gasteiger partial charge in [-0.3, -0.25) is 4.90 Å². The zero-order chi connectivity index (χ0) is 9.35. The van der Waals surface area contributed by atoms with Crippen molar-refractivity contribution in [2.75, 3.05) is 13.1 Å². The number of rotatable bonds is 1. The molecule has 0 spiro atoms. The van der Waals surface area contributed by atoms with E-state index in [1.165, 1.54) is 0 Å². The third-order valence-corrected chi connectivity index (χ3v) is 2.14. The second-order valence-corrected chi connectivity index (χ2v) is 4.28. The van der Waals surface area contributed by atoms with Gasteiger partial charge in [-0.25, -0.2) is 4.99 Å². The molecule has 12 heavy (non-hydrogen) atoms. The van der Waals surface area contributed by atoms with Crippen LogP contribution in [0.3, 0.4) is 0 Å². The minimum atomic E-state index is 0.202. The molecule has 70 valence electrons. The van der Waals surface area contributed by atoms with Crippen LogP contribution in [0.15, 0.2) is 4.99 Å². The van der Waals surface area contributed by atoms with E-state index in [4.69, 9.17) is 11.5 Å². The van der Waals surface area contributed by atoms with Crippen LogP contribution in [0.5, 0.6) is 0 Å². The Morgan fingerprint density at radius 1 is 1.33 bits per heavy atom. The maximum Gasteiger partial charge on any atom is 0.186 e. The first-order chi connectivity index (χ1) is 5.39. The van der Waals surface area contributed by atoms with Crippen LogP contribution < -0.4 is 11.5 Å². The van der Waals surface area contributed by atoms with Gasteiger partial charge in [-0.15, -0.1) is 0 Å². The van der Waals surface area contributed by atoms with Crippen LogP contribution in [0.4, 0.5) is 0 Å². The molecule has 1 aliphatic rings. The van der Waals surface area contributed by atoms with E-state index in [2.05, 4.69) is 30.7 Å². The molecule has 0 atom stereocenters. The van der Waals surface area contributed by atoms with Crippen molar-refractivity contribution in [3.63, 3.8) is 0 Å². The summed E-state index contributed by atoms with van der Waals surface area (Å²) in [4.78, 5) is 6.43. The molecule has 4 N–H and O–H groups in total. The molecule has 0 amide bonds. The largest absolute Gasteiger partial charge is 0.370 e. The van der Waals surface area contributed by atoms with E-state index in [-0.39, 0.29) is 11.5 Å². The summed E-state index contributed by atoms with van der Waals surface area (Å²) in [5, 5.41) is 0. The lowest BCUT2D eigenvalue weighted by atomic mass is 9.98. The summed E-state index contributed by atoms with van der Waals surface area (Å²) in [7, 11) is 0. The Morgan fingerprint density at radius 2 is 1.83 bits per heavy atom. The van der Waals surface area contributed by atoms with Crippen molar-refractivity contribution >= 4 is 5.96 Å². The van der Waals surface area contributed by atoms with Gasteiger partial charge >= 0.3 is 0 Å². The number of hydrogen-bond acceptors (Lipinski definition) is 2. The van der Waals surface area contributed by atoms with E-state index < -0.39 is 0 Å². The van der Waals surface area contributed by atoms with Crippen LogP contribution in [-0.4, -0.2) is 35.5 Å². The van der Waals surface area contributed by atoms with Crippen molar-refractivity contribution in [3.8, 4) is 0 Å². The van der Waals surface area contributed by atoms with Crippen molar-refractivity contribution in [3.05, 3.63) is 0 Å². The first kappa shape index (κ1) is 9.32. The first-order valence-electron chi connectivity index (χ1n) is 4.23. The zero-order valence-electron chi connectivity index (χ0n) is 8.04. The summed E-state index contributed by atoms with van der Waals surface area (Å²) in [6.45, 7) is 8.53. The van der Waals surface area contributed by atoms with Gasteiger partial charge in [-0.1, -0.05) is 0 Å². The molecule has 0 aromatic carbocycles. The Bertz CT molecular complexity index is 182. The van der Waals surface area contributed by atoms with Crippen LogP contribution >= 0.6 is 0 Å². The molecule has 0 aromatic heterocycles. The van der Waals surface area contributed by atoms with E-state index in [9.17, 15) is 0 Å². The Morgan fingerprint density at radius 3 is 2.17 bits per heavy atom. The van der Waals surface area contributed by atoms with Gasteiger partial charge in [0.05, 0.1) is 6.04 Å². The van der Waals surface area contributed by atoms with Gasteiger partial charge in [0.2, 0.25) is 0 Å². The molecule has 1 rings (SSSR count). The summed E-state index contributed by atoms with van der Waals surface area (Å²) in [6.07, 6.45) is 0. The molecule has 0 saturated carbocycles. The molecule has 1 heterocycles. The lowest BCUT2D eigenvalue weighted by molar-refractivity contribution is 0.0505. The Hall–Kier alpha value is -0.770. The molecule has 0 radical (unpaired) electrons. The summed E-state index contributed by atoms with van der Waals surface area (Å²) >= 11 is 0. The molecule has 4 heteroatoms. The lowest BCUT2D eigenvalue weighted by Crippen LogP contribution is -2.58. The van der Waals surface area contributed by atoms with Gasteiger partial charge in [0.1, 0.15) is 0 Å². The Labute approximate surface area is 73.6 Å². The Kier molecular flexibility index (Phi) is 2.28. The predicted octanol–water partition coefficient (Wildman–Crippen LogP) is -0.257. The molecule has 0 unspecified atom stereocenters. The molecular formula is C8H18N4. The molecule has 0 aliphatic carbocycles. The van der Waals surface area contributed by atoms with Crippen molar-refractivity contribution in [2.45, 2.75) is 32.4 Å². The fourth-order valence-corrected chi connectivity index (χ4v) is 1.30. The number of hydrogen-bond donors (Lipinski definition) is 2. The monoisotopic (exact) mass is 170 g/mol. The van der Waals surface area contributed by atoms with E-state index in [1.807, 2.05) is 0 Å². The molecule has 0 bridgehead atoms. The maximum absolute atomic E-state index is 5.27. The third kappa shape index (κ3) is 2.11. The number of guanidine groups is 1. The van der Waals surface area contributed by atoms with Gasteiger partial charge in [-0.2, -0.15) is 0 Å². The second-order valence-electron chi connectivity index (χ2n) is 4.28. The van der Waals surface area contributed by atoms with Crippen molar-refractivity contribution in [1.29, 1.82) is 0 Å². The highest BCUT2D eigenvalue weighted by Gasteiger charge is 2.33. The average molecular weight is 170 g/mol. The number of aliphatic imine (C=N–C) groups is 1. The van der Waals surface area contributed by atoms with E-state index in [0.717, 1.165) is 13.1 Å². The van der Waals surface area contributed by atoms with Crippen LogP contribution in [0, 0.1) is 0 Å². The van der Waals surface area contributed by atoms with Gasteiger partial charge in [-0.05, 0) is 20.8 Å². The van der Waals surface area contributed by atoms with Gasteiger partial charge in [0.15, 0.2) is 5.96 Å². The average Bonchev–Trinajstić information content (AvgIpc) is 1.73. The smallest absolute Gasteiger partial charge is 0.186 e. The van der Waals surface area contributed by atoms with Crippen LogP contribution in [0.2, 0.25) is 0 Å². The lowest BCUT2D eigenvalue weighted by Gasteiger charge is -2.46. The van der Waals surface area contributed by atoms with Crippen molar-refractivity contribution < 1.29 is 0 Å². The van der Waals surface area contributed by atoms with Gasteiger partial charge in [0.25, 0.3) is 0 Å². The molecule has 1 aliphatic heterocycles. The Balaban J connectivity index is 2.34.